The normalized spacial score (nSPS) is 53.6. The third kappa shape index (κ3) is 2.67. The molecule has 0 heterocycles. The van der Waals surface area contributed by atoms with Gasteiger partial charge in [-0.2, -0.15) is 0 Å². The fourth-order valence-electron chi connectivity index (χ4n) is 10.3. The summed E-state index contributed by atoms with van der Waals surface area (Å²) in [7, 11) is 0. The Hall–Kier alpha value is -1.45. The number of hydrogen-bond acceptors (Lipinski definition) is 3. The minimum Gasteiger partial charge on any atom is -0.481 e. The van der Waals surface area contributed by atoms with Crippen LogP contribution in [0.1, 0.15) is 98.8 Å². The van der Waals surface area contributed by atoms with E-state index in [1.165, 1.54) is 5.57 Å². The van der Waals surface area contributed by atoms with E-state index in [0.717, 1.165) is 64.1 Å². The molecular weight excluding hydrogens is 412 g/mol. The maximum atomic E-state index is 12.9. The van der Waals surface area contributed by atoms with Crippen molar-refractivity contribution < 1.29 is 19.5 Å². The number of allylic oxidation sites excluding steroid dienone is 1. The van der Waals surface area contributed by atoms with Crippen LogP contribution in [0.2, 0.25) is 0 Å². The molecule has 5 aliphatic carbocycles. The Morgan fingerprint density at radius 2 is 1.67 bits per heavy atom. The third-order valence-corrected chi connectivity index (χ3v) is 12.5. The van der Waals surface area contributed by atoms with Crippen LogP contribution in [0.5, 0.6) is 0 Å². The van der Waals surface area contributed by atoms with Crippen molar-refractivity contribution in [2.24, 2.45) is 50.7 Å². The minimum absolute atomic E-state index is 0.0138. The molecule has 0 aromatic carbocycles. The van der Waals surface area contributed by atoms with Gasteiger partial charge in [-0.1, -0.05) is 39.3 Å². The molecule has 0 saturated heterocycles. The Kier molecular flexibility index (Phi) is 4.97. The predicted octanol–water partition coefficient (Wildman–Crippen LogP) is 6.23. The SMILES string of the molecule is CC1C=C2C3CCC4C5(C)CCC(=O)C(C)(C=O)C5CCC4(C)C3(C)CCC2(C(=O)O)CC1. The van der Waals surface area contributed by atoms with Crippen molar-refractivity contribution in [3.05, 3.63) is 11.6 Å². The highest BCUT2D eigenvalue weighted by Crippen LogP contribution is 2.75. The van der Waals surface area contributed by atoms with Crippen molar-refractivity contribution in [2.75, 3.05) is 0 Å². The van der Waals surface area contributed by atoms with Crippen molar-refractivity contribution >= 4 is 18.0 Å². The van der Waals surface area contributed by atoms with Gasteiger partial charge in [0.2, 0.25) is 0 Å². The molecule has 33 heavy (non-hydrogen) atoms. The summed E-state index contributed by atoms with van der Waals surface area (Å²) in [6.07, 6.45) is 12.2. The average Bonchev–Trinajstić information content (AvgIpc) is 2.77. The molecule has 9 atom stereocenters. The van der Waals surface area contributed by atoms with Crippen LogP contribution in [0.15, 0.2) is 11.6 Å². The zero-order chi connectivity index (χ0) is 24.0. The number of aldehydes is 1. The molecule has 9 unspecified atom stereocenters. The number of carboxylic acid groups (broad SMARTS) is 1. The van der Waals surface area contributed by atoms with Crippen LogP contribution in [0.4, 0.5) is 0 Å². The molecule has 0 bridgehead atoms. The van der Waals surface area contributed by atoms with Crippen LogP contribution >= 0.6 is 0 Å². The first-order chi connectivity index (χ1) is 15.4. The lowest BCUT2D eigenvalue weighted by molar-refractivity contribution is -0.212. The Balaban J connectivity index is 1.58. The molecule has 0 spiro atoms. The van der Waals surface area contributed by atoms with Gasteiger partial charge in [-0.25, -0.2) is 0 Å². The van der Waals surface area contributed by atoms with Gasteiger partial charge in [0, 0.05) is 6.42 Å². The summed E-state index contributed by atoms with van der Waals surface area (Å²) in [4.78, 5) is 37.7. The van der Waals surface area contributed by atoms with E-state index in [0.29, 0.717) is 24.2 Å². The molecule has 1 N–H and O–H groups in total. The van der Waals surface area contributed by atoms with Crippen LogP contribution in [-0.2, 0) is 14.4 Å². The van der Waals surface area contributed by atoms with E-state index in [-0.39, 0.29) is 27.9 Å². The number of carbonyl (C=O) groups is 3. The zero-order valence-electron chi connectivity index (χ0n) is 21.2. The summed E-state index contributed by atoms with van der Waals surface area (Å²) in [5, 5.41) is 10.4. The van der Waals surface area contributed by atoms with Gasteiger partial charge in [0.15, 0.2) is 0 Å². The maximum Gasteiger partial charge on any atom is 0.313 e. The first kappa shape index (κ1) is 23.3. The van der Waals surface area contributed by atoms with Crippen molar-refractivity contribution in [3.63, 3.8) is 0 Å². The number of carbonyl (C=O) groups excluding carboxylic acids is 2. The molecule has 4 heteroatoms. The Morgan fingerprint density at radius 3 is 2.33 bits per heavy atom. The first-order valence-electron chi connectivity index (χ1n) is 13.3. The molecule has 4 saturated carbocycles. The largest absolute Gasteiger partial charge is 0.481 e. The molecular formula is C29H42O4. The highest BCUT2D eigenvalue weighted by Gasteiger charge is 2.70. The maximum absolute atomic E-state index is 12.9. The molecule has 0 amide bonds. The summed E-state index contributed by atoms with van der Waals surface area (Å²) >= 11 is 0. The lowest BCUT2D eigenvalue weighted by atomic mass is 9.32. The summed E-state index contributed by atoms with van der Waals surface area (Å²) in [6, 6.07) is 0. The summed E-state index contributed by atoms with van der Waals surface area (Å²) < 4.78 is 0. The highest BCUT2D eigenvalue weighted by molar-refractivity contribution is 5.99. The third-order valence-electron chi connectivity index (χ3n) is 12.5. The summed E-state index contributed by atoms with van der Waals surface area (Å²) in [5.74, 6) is 0.890. The van der Waals surface area contributed by atoms with Gasteiger partial charge < -0.3 is 9.90 Å². The first-order valence-corrected chi connectivity index (χ1v) is 13.3. The monoisotopic (exact) mass is 454 g/mol. The fraction of sp³-hybridized carbons (Fsp3) is 0.828. The fourth-order valence-corrected chi connectivity index (χ4v) is 10.3. The molecule has 4 fully saturated rings. The lowest BCUT2D eigenvalue weighted by Gasteiger charge is -2.71. The number of carboxylic acids is 1. The van der Waals surface area contributed by atoms with Crippen molar-refractivity contribution in [1.29, 1.82) is 0 Å². The average molecular weight is 455 g/mol. The number of fused-ring (bicyclic) bond motifs is 7. The van der Waals surface area contributed by atoms with E-state index in [1.54, 1.807) is 0 Å². The molecule has 0 aromatic heterocycles. The van der Waals surface area contributed by atoms with E-state index in [9.17, 15) is 19.5 Å². The molecule has 5 rings (SSSR count). The molecule has 4 nitrogen and oxygen atoms in total. The van der Waals surface area contributed by atoms with Crippen molar-refractivity contribution in [2.45, 2.75) is 98.8 Å². The summed E-state index contributed by atoms with van der Waals surface area (Å²) in [5.41, 5.74) is -0.124. The topological polar surface area (TPSA) is 71.4 Å². The smallest absolute Gasteiger partial charge is 0.313 e. The van der Waals surface area contributed by atoms with Crippen molar-refractivity contribution in [1.82, 2.24) is 0 Å². The Morgan fingerprint density at radius 1 is 0.939 bits per heavy atom. The van der Waals surface area contributed by atoms with Crippen LogP contribution < -0.4 is 0 Å². The van der Waals surface area contributed by atoms with Crippen LogP contribution in [0.25, 0.3) is 0 Å². The Bertz CT molecular complexity index is 936. The van der Waals surface area contributed by atoms with Gasteiger partial charge in [-0.3, -0.25) is 9.59 Å². The van der Waals surface area contributed by atoms with Crippen LogP contribution in [0.3, 0.4) is 0 Å². The molecule has 0 radical (unpaired) electrons. The van der Waals surface area contributed by atoms with Gasteiger partial charge in [0.05, 0.1) is 10.8 Å². The predicted molar refractivity (Wildman–Crippen MR) is 127 cm³/mol. The lowest BCUT2D eigenvalue weighted by Crippen LogP contribution is -2.66. The molecule has 5 aliphatic rings. The van der Waals surface area contributed by atoms with Gasteiger partial charge in [-0.15, -0.1) is 0 Å². The van der Waals surface area contributed by atoms with E-state index in [2.05, 4.69) is 33.8 Å². The van der Waals surface area contributed by atoms with Crippen LogP contribution in [-0.4, -0.2) is 23.1 Å². The van der Waals surface area contributed by atoms with Gasteiger partial charge in [0.1, 0.15) is 12.1 Å². The minimum atomic E-state index is -0.849. The molecule has 182 valence electrons. The molecule has 0 aliphatic heterocycles. The Labute approximate surface area is 199 Å². The van der Waals surface area contributed by atoms with E-state index < -0.39 is 16.8 Å². The number of rotatable bonds is 2. The second-order valence-electron chi connectivity index (χ2n) is 13.5. The van der Waals surface area contributed by atoms with E-state index in [1.807, 2.05) is 6.92 Å². The van der Waals surface area contributed by atoms with Gasteiger partial charge in [-0.05, 0) is 105 Å². The second-order valence-corrected chi connectivity index (χ2v) is 13.5. The standard InChI is InChI=1S/C29H42O4/c1-18-8-13-29(24(32)33)15-14-27(4)19(20(29)16-18)6-7-22-25(2)11-10-23(31)26(3,17-30)21(25)9-12-28(22,27)5/h16-19,21-22H,6-15H2,1-5H3,(H,32,33). The number of ketones is 1. The van der Waals surface area contributed by atoms with Crippen LogP contribution in [0, 0.1) is 50.7 Å². The highest BCUT2D eigenvalue weighted by atomic mass is 16.4. The van der Waals surface area contributed by atoms with E-state index in [4.69, 9.17) is 0 Å². The number of hydrogen-bond donors (Lipinski definition) is 1. The number of aliphatic carboxylic acids is 1. The van der Waals surface area contributed by atoms with Gasteiger partial charge in [0.25, 0.3) is 0 Å². The zero-order valence-corrected chi connectivity index (χ0v) is 21.2. The number of Topliss-reactive ketones (excluding diaryl/α,β-unsaturated/α-hetero) is 1. The van der Waals surface area contributed by atoms with Gasteiger partial charge >= 0.3 is 5.97 Å². The van der Waals surface area contributed by atoms with Crippen molar-refractivity contribution in [3.8, 4) is 0 Å². The quantitative estimate of drug-likeness (QED) is 0.305. The van der Waals surface area contributed by atoms with E-state index >= 15 is 0 Å². The molecule has 0 aromatic rings. The summed E-state index contributed by atoms with van der Waals surface area (Å²) in [6.45, 7) is 11.5. The second kappa shape index (κ2) is 7.04.